The minimum Gasteiger partial charge on any atom is -0.309 e. The fourth-order valence-corrected chi connectivity index (χ4v) is 9.73. The highest BCUT2D eigenvalue weighted by atomic mass is 15.0. The van der Waals surface area contributed by atoms with Crippen LogP contribution >= 0.6 is 0 Å². The van der Waals surface area contributed by atoms with E-state index in [0.717, 1.165) is 18.5 Å². The van der Waals surface area contributed by atoms with Crippen molar-refractivity contribution in [1.29, 1.82) is 0 Å². The van der Waals surface area contributed by atoms with Gasteiger partial charge in [-0.25, -0.2) is 0 Å². The molecule has 0 amide bonds. The number of nitrogens with zero attached hydrogens (tertiary/aromatic N) is 2. The molecule has 0 spiro atoms. The van der Waals surface area contributed by atoms with Gasteiger partial charge >= 0.3 is 0 Å². The van der Waals surface area contributed by atoms with E-state index in [1.165, 1.54) is 105 Å². The van der Waals surface area contributed by atoms with Gasteiger partial charge in [0.2, 0.25) is 0 Å². The summed E-state index contributed by atoms with van der Waals surface area (Å²) >= 11 is 0. The second kappa shape index (κ2) is 15.0. The van der Waals surface area contributed by atoms with Gasteiger partial charge in [0.1, 0.15) is 0 Å². The SMILES string of the molecule is C1=CC(c2cc(-c3ccccc3)cc(-n3c4ccccc4c4cc(-c5ccc6c(c5)c5ccccc5n6-c5cc(-c6ccccc6)cc(-c6ccccc6)c5)ccc43)c2)=CCC1. The Kier molecular flexibility index (Phi) is 8.67. The number of benzene rings is 9. The quantitative estimate of drug-likeness (QED) is 0.152. The number of fused-ring (bicyclic) bond motifs is 6. The van der Waals surface area contributed by atoms with Gasteiger partial charge in [0.15, 0.2) is 0 Å². The first-order chi connectivity index (χ1) is 30.7. The summed E-state index contributed by atoms with van der Waals surface area (Å²) in [4.78, 5) is 0. The monoisotopic (exact) mass is 790 g/mol. The van der Waals surface area contributed by atoms with Crippen molar-refractivity contribution >= 4 is 49.2 Å². The molecule has 0 saturated heterocycles. The summed E-state index contributed by atoms with van der Waals surface area (Å²) in [5, 5.41) is 4.97. The van der Waals surface area contributed by atoms with Crippen molar-refractivity contribution in [3.63, 3.8) is 0 Å². The van der Waals surface area contributed by atoms with Gasteiger partial charge in [0.05, 0.1) is 22.1 Å². The predicted molar refractivity (Wildman–Crippen MR) is 263 cm³/mol. The summed E-state index contributed by atoms with van der Waals surface area (Å²) in [6, 6.07) is 78.1. The molecule has 12 rings (SSSR count). The van der Waals surface area contributed by atoms with Gasteiger partial charge in [-0.1, -0.05) is 158 Å². The summed E-state index contributed by atoms with van der Waals surface area (Å²) in [6.45, 7) is 0. The van der Waals surface area contributed by atoms with Crippen LogP contribution in [-0.2, 0) is 0 Å². The molecule has 0 N–H and O–H groups in total. The molecule has 11 aromatic rings. The van der Waals surface area contributed by atoms with Crippen molar-refractivity contribution in [3.05, 3.63) is 236 Å². The third-order valence-corrected chi connectivity index (χ3v) is 12.7. The zero-order valence-corrected chi connectivity index (χ0v) is 34.2. The van der Waals surface area contributed by atoms with Crippen LogP contribution in [0.5, 0.6) is 0 Å². The van der Waals surface area contributed by atoms with E-state index >= 15 is 0 Å². The number of para-hydroxylation sites is 2. The van der Waals surface area contributed by atoms with Crippen molar-refractivity contribution in [2.24, 2.45) is 0 Å². The first kappa shape index (κ1) is 36.0. The molecule has 1 aliphatic rings. The van der Waals surface area contributed by atoms with E-state index in [1.807, 2.05) is 0 Å². The average molecular weight is 791 g/mol. The summed E-state index contributed by atoms with van der Waals surface area (Å²) in [5.41, 5.74) is 19.3. The van der Waals surface area contributed by atoms with Crippen molar-refractivity contribution in [2.45, 2.75) is 12.8 Å². The van der Waals surface area contributed by atoms with Gasteiger partial charge in [-0.05, 0) is 141 Å². The molecule has 0 bridgehead atoms. The molecule has 0 saturated carbocycles. The number of hydrogen-bond donors (Lipinski definition) is 0. The van der Waals surface area contributed by atoms with Crippen LogP contribution in [0, 0.1) is 0 Å². The molecule has 1 aliphatic carbocycles. The summed E-state index contributed by atoms with van der Waals surface area (Å²) < 4.78 is 4.91. The van der Waals surface area contributed by atoms with E-state index in [9.17, 15) is 0 Å². The largest absolute Gasteiger partial charge is 0.309 e. The average Bonchev–Trinajstić information content (AvgIpc) is 3.87. The topological polar surface area (TPSA) is 9.86 Å². The number of aromatic nitrogens is 2. The van der Waals surface area contributed by atoms with Gasteiger partial charge in [0, 0.05) is 32.9 Å². The number of allylic oxidation sites excluding steroid dienone is 4. The van der Waals surface area contributed by atoms with Crippen molar-refractivity contribution < 1.29 is 0 Å². The zero-order valence-electron chi connectivity index (χ0n) is 34.2. The molecule has 2 aromatic heterocycles. The van der Waals surface area contributed by atoms with E-state index in [0.29, 0.717) is 0 Å². The number of hydrogen-bond acceptors (Lipinski definition) is 0. The maximum Gasteiger partial charge on any atom is 0.0541 e. The summed E-state index contributed by atoms with van der Waals surface area (Å²) in [6.07, 6.45) is 9.12. The highest BCUT2D eigenvalue weighted by Crippen LogP contribution is 2.41. The van der Waals surface area contributed by atoms with E-state index in [1.54, 1.807) is 0 Å². The maximum absolute atomic E-state index is 2.46. The van der Waals surface area contributed by atoms with Gasteiger partial charge < -0.3 is 9.13 Å². The first-order valence-electron chi connectivity index (χ1n) is 21.6. The van der Waals surface area contributed by atoms with Crippen molar-refractivity contribution in [3.8, 4) is 55.9 Å². The molecule has 0 fully saturated rings. The minimum absolute atomic E-state index is 1.07. The Bertz CT molecular complexity index is 3490. The van der Waals surface area contributed by atoms with Crippen LogP contribution in [-0.4, -0.2) is 9.13 Å². The second-order valence-electron chi connectivity index (χ2n) is 16.4. The molecule has 0 aliphatic heterocycles. The van der Waals surface area contributed by atoms with E-state index in [4.69, 9.17) is 0 Å². The molecule has 0 radical (unpaired) electrons. The molecule has 9 aromatic carbocycles. The normalized spacial score (nSPS) is 12.7. The Morgan fingerprint density at radius 1 is 0.274 bits per heavy atom. The summed E-state index contributed by atoms with van der Waals surface area (Å²) in [7, 11) is 0. The van der Waals surface area contributed by atoms with Gasteiger partial charge in [-0.15, -0.1) is 0 Å². The molecule has 2 heterocycles. The smallest absolute Gasteiger partial charge is 0.0541 e. The van der Waals surface area contributed by atoms with Crippen LogP contribution in [0.1, 0.15) is 18.4 Å². The highest BCUT2D eigenvalue weighted by molar-refractivity contribution is 6.13. The van der Waals surface area contributed by atoms with E-state index in [2.05, 4.69) is 240 Å². The van der Waals surface area contributed by atoms with Gasteiger partial charge in [-0.3, -0.25) is 0 Å². The van der Waals surface area contributed by atoms with Crippen molar-refractivity contribution in [2.75, 3.05) is 0 Å². The fraction of sp³-hybridized carbons (Fsp3) is 0.0333. The third-order valence-electron chi connectivity index (χ3n) is 12.7. The standard InChI is InChI=1S/C60H42N2/c1-5-17-41(18-6-1)47-33-48(42-19-7-2-8-20-42)36-51(35-47)61-57-27-15-13-25-53(57)55-39-45(29-31-59(55)61)46-30-32-60-56(40-46)54-26-14-16-28-58(54)62(60)52-37-49(43-21-9-3-10-22-43)34-50(38-52)44-23-11-4-12-24-44/h1-3,5-11,13-40H,4,12H2. The van der Waals surface area contributed by atoms with Crippen LogP contribution in [0.25, 0.3) is 105 Å². The summed E-state index contributed by atoms with van der Waals surface area (Å²) in [5.74, 6) is 0. The van der Waals surface area contributed by atoms with Gasteiger partial charge in [-0.2, -0.15) is 0 Å². The zero-order chi connectivity index (χ0) is 41.0. The third kappa shape index (κ3) is 6.19. The maximum atomic E-state index is 2.46. The molecule has 2 nitrogen and oxygen atoms in total. The lowest BCUT2D eigenvalue weighted by Gasteiger charge is -2.15. The Hall–Kier alpha value is -7.94. The molecule has 292 valence electrons. The molecule has 2 heteroatoms. The van der Waals surface area contributed by atoms with Crippen molar-refractivity contribution in [1.82, 2.24) is 9.13 Å². The Labute approximate surface area is 361 Å². The molecule has 0 atom stereocenters. The van der Waals surface area contributed by atoms with Gasteiger partial charge in [0.25, 0.3) is 0 Å². The second-order valence-corrected chi connectivity index (χ2v) is 16.4. The van der Waals surface area contributed by atoms with Crippen LogP contribution in [0.2, 0.25) is 0 Å². The van der Waals surface area contributed by atoms with Crippen LogP contribution in [0.3, 0.4) is 0 Å². The highest BCUT2D eigenvalue weighted by Gasteiger charge is 2.18. The lowest BCUT2D eigenvalue weighted by molar-refractivity contribution is 1.04. The van der Waals surface area contributed by atoms with Crippen LogP contribution in [0.4, 0.5) is 0 Å². The first-order valence-corrected chi connectivity index (χ1v) is 21.6. The minimum atomic E-state index is 1.07. The molecule has 0 unspecified atom stereocenters. The molecule has 62 heavy (non-hydrogen) atoms. The predicted octanol–water partition coefficient (Wildman–Crippen LogP) is 16.3. The Balaban J connectivity index is 1.02. The van der Waals surface area contributed by atoms with E-state index in [-0.39, 0.29) is 0 Å². The van der Waals surface area contributed by atoms with Crippen LogP contribution < -0.4 is 0 Å². The fourth-order valence-electron chi connectivity index (χ4n) is 9.73. The molecular weight excluding hydrogens is 749 g/mol. The Morgan fingerprint density at radius 3 is 1.13 bits per heavy atom. The number of rotatable bonds is 7. The Morgan fingerprint density at radius 2 is 0.677 bits per heavy atom. The van der Waals surface area contributed by atoms with Crippen LogP contribution in [0.15, 0.2) is 231 Å². The lowest BCUT2D eigenvalue weighted by atomic mass is 9.95. The lowest BCUT2D eigenvalue weighted by Crippen LogP contribution is -1.97. The molecular formula is C60H42N2. The van der Waals surface area contributed by atoms with E-state index < -0.39 is 0 Å².